The summed E-state index contributed by atoms with van der Waals surface area (Å²) in [7, 11) is 0. The number of imide groups is 2. The molecule has 0 aromatic rings. The molecule has 2 aliphatic carbocycles. The van der Waals surface area contributed by atoms with Gasteiger partial charge in [0.1, 0.15) is 5.41 Å². The van der Waals surface area contributed by atoms with Crippen LogP contribution in [0, 0.1) is 5.41 Å². The molecule has 28 heavy (non-hydrogen) atoms. The Morgan fingerprint density at radius 3 is 2.14 bits per heavy atom. The van der Waals surface area contributed by atoms with Crippen molar-refractivity contribution in [1.82, 2.24) is 15.1 Å². The van der Waals surface area contributed by atoms with Crippen LogP contribution in [0.5, 0.6) is 0 Å². The molecule has 0 aromatic heterocycles. The molecule has 4 fully saturated rings. The summed E-state index contributed by atoms with van der Waals surface area (Å²) in [6.45, 7) is 4.01. The highest BCUT2D eigenvalue weighted by atomic mass is 16.2. The number of fused-ring (bicyclic) bond motifs is 2. The van der Waals surface area contributed by atoms with E-state index in [0.29, 0.717) is 18.9 Å². The third kappa shape index (κ3) is 3.27. The van der Waals surface area contributed by atoms with Crippen molar-refractivity contribution in [3.05, 3.63) is 0 Å². The molecule has 6 heteroatoms. The van der Waals surface area contributed by atoms with Gasteiger partial charge in [0, 0.05) is 24.2 Å². The van der Waals surface area contributed by atoms with E-state index in [1.165, 1.54) is 48.3 Å². The summed E-state index contributed by atoms with van der Waals surface area (Å²) in [5.41, 5.74) is -1.05. The molecule has 4 aliphatic rings. The van der Waals surface area contributed by atoms with E-state index in [0.717, 1.165) is 25.7 Å². The van der Waals surface area contributed by atoms with Crippen molar-refractivity contribution in [3.63, 3.8) is 0 Å². The molecule has 2 saturated carbocycles. The molecule has 2 bridgehead atoms. The van der Waals surface area contributed by atoms with E-state index in [-0.39, 0.29) is 36.0 Å². The zero-order valence-corrected chi connectivity index (χ0v) is 17.4. The first-order valence-corrected chi connectivity index (χ1v) is 11.4. The van der Waals surface area contributed by atoms with Gasteiger partial charge in [-0.2, -0.15) is 0 Å². The summed E-state index contributed by atoms with van der Waals surface area (Å²) in [6, 6.07) is -0.0185. The second kappa shape index (κ2) is 7.77. The Labute approximate surface area is 168 Å². The van der Waals surface area contributed by atoms with Crippen LogP contribution in [0.15, 0.2) is 0 Å². The fraction of sp³-hybridized carbons (Fsp3) is 0.864. The number of rotatable bonds is 5. The first-order chi connectivity index (χ1) is 13.4. The molecule has 0 spiro atoms. The summed E-state index contributed by atoms with van der Waals surface area (Å²) in [6.07, 6.45) is 12.1. The van der Waals surface area contributed by atoms with Crippen molar-refractivity contribution in [2.24, 2.45) is 5.41 Å². The predicted octanol–water partition coefficient (Wildman–Crippen LogP) is 3.59. The van der Waals surface area contributed by atoms with Gasteiger partial charge < -0.3 is 5.32 Å². The lowest BCUT2D eigenvalue weighted by Crippen LogP contribution is -2.64. The van der Waals surface area contributed by atoms with Crippen molar-refractivity contribution < 1.29 is 14.4 Å². The van der Waals surface area contributed by atoms with Gasteiger partial charge in [0.25, 0.3) is 0 Å². The van der Waals surface area contributed by atoms with Crippen molar-refractivity contribution in [1.29, 1.82) is 0 Å². The summed E-state index contributed by atoms with van der Waals surface area (Å²) in [5.74, 6) is -0.466. The Morgan fingerprint density at radius 1 is 0.929 bits per heavy atom. The molecule has 6 nitrogen and oxygen atoms in total. The average molecular weight is 390 g/mol. The lowest BCUT2D eigenvalue weighted by Gasteiger charge is -2.43. The highest BCUT2D eigenvalue weighted by Crippen LogP contribution is 2.47. The van der Waals surface area contributed by atoms with Gasteiger partial charge >= 0.3 is 6.03 Å². The summed E-state index contributed by atoms with van der Waals surface area (Å²) in [4.78, 5) is 42.8. The Balaban J connectivity index is 1.55. The van der Waals surface area contributed by atoms with Crippen molar-refractivity contribution in [2.45, 2.75) is 115 Å². The third-order valence-corrected chi connectivity index (χ3v) is 7.47. The van der Waals surface area contributed by atoms with E-state index in [4.69, 9.17) is 0 Å². The second-order valence-electron chi connectivity index (χ2n) is 9.67. The van der Waals surface area contributed by atoms with E-state index in [2.05, 4.69) is 12.2 Å². The number of barbiturate groups is 1. The smallest absolute Gasteiger partial charge is 0.311 e. The first-order valence-electron chi connectivity index (χ1n) is 11.4. The molecule has 1 N–H and O–H groups in total. The average Bonchev–Trinajstić information content (AvgIpc) is 2.89. The van der Waals surface area contributed by atoms with Gasteiger partial charge in [0.2, 0.25) is 11.8 Å². The van der Waals surface area contributed by atoms with E-state index >= 15 is 0 Å². The van der Waals surface area contributed by atoms with E-state index in [1.807, 2.05) is 6.92 Å². The fourth-order valence-corrected chi connectivity index (χ4v) is 6.17. The Kier molecular flexibility index (Phi) is 5.51. The van der Waals surface area contributed by atoms with E-state index in [9.17, 15) is 14.4 Å². The zero-order chi connectivity index (χ0) is 19.9. The molecule has 3 unspecified atom stereocenters. The number of hydrogen-bond donors (Lipinski definition) is 1. The quantitative estimate of drug-likeness (QED) is 0.730. The standard InChI is InChI=1S/C22H35N3O3/c1-15(23-17-9-5-3-6-10-17)13-22-14-16(2)24(19(22)26)21(28)25(20(22)27)18-11-7-4-8-12-18/h15-18,23H,3-14H2,1-2H3. The van der Waals surface area contributed by atoms with Crippen LogP contribution >= 0.6 is 0 Å². The topological polar surface area (TPSA) is 69.7 Å². The highest BCUT2D eigenvalue weighted by Gasteiger charge is 2.65. The Bertz CT molecular complexity index is 639. The summed E-state index contributed by atoms with van der Waals surface area (Å²) < 4.78 is 0. The summed E-state index contributed by atoms with van der Waals surface area (Å²) >= 11 is 0. The number of amides is 4. The van der Waals surface area contributed by atoms with Gasteiger partial charge in [-0.3, -0.25) is 19.4 Å². The van der Waals surface area contributed by atoms with E-state index < -0.39 is 5.41 Å². The van der Waals surface area contributed by atoms with Crippen LogP contribution < -0.4 is 5.32 Å². The predicted molar refractivity (Wildman–Crippen MR) is 107 cm³/mol. The van der Waals surface area contributed by atoms with Crippen LogP contribution in [0.4, 0.5) is 4.79 Å². The minimum absolute atomic E-state index is 0.0318. The number of carbonyl (C=O) groups excluding carboxylic acids is 3. The molecule has 2 heterocycles. The van der Waals surface area contributed by atoms with Crippen molar-refractivity contribution in [3.8, 4) is 0 Å². The molecule has 0 aromatic carbocycles. The van der Waals surface area contributed by atoms with Crippen LogP contribution in [0.1, 0.15) is 90.9 Å². The highest BCUT2D eigenvalue weighted by molar-refractivity contribution is 6.20. The van der Waals surface area contributed by atoms with Crippen LogP contribution in [-0.2, 0) is 9.59 Å². The van der Waals surface area contributed by atoms with Gasteiger partial charge in [0.15, 0.2) is 0 Å². The number of nitrogens with one attached hydrogen (secondary N) is 1. The molecule has 2 aliphatic heterocycles. The Hall–Kier alpha value is -1.43. The van der Waals surface area contributed by atoms with Crippen molar-refractivity contribution >= 4 is 17.8 Å². The van der Waals surface area contributed by atoms with Gasteiger partial charge in [-0.25, -0.2) is 4.79 Å². The fourth-order valence-electron chi connectivity index (χ4n) is 6.17. The van der Waals surface area contributed by atoms with Crippen LogP contribution in [0.3, 0.4) is 0 Å². The normalized spacial score (nSPS) is 33.6. The molecular formula is C22H35N3O3. The van der Waals surface area contributed by atoms with Crippen LogP contribution in [-0.4, -0.2) is 51.8 Å². The number of carbonyl (C=O) groups is 3. The Morgan fingerprint density at radius 2 is 1.50 bits per heavy atom. The molecule has 2 saturated heterocycles. The SMILES string of the molecule is CC(CC12CC(C)N(C(=O)N(C3CCCCC3)C1=O)C2=O)NC1CCCCC1. The van der Waals surface area contributed by atoms with Crippen LogP contribution in [0.25, 0.3) is 0 Å². The molecular weight excluding hydrogens is 354 g/mol. The number of urea groups is 1. The lowest BCUT2D eigenvalue weighted by molar-refractivity contribution is -0.156. The zero-order valence-electron chi connectivity index (χ0n) is 17.4. The number of nitrogens with zero attached hydrogens (tertiary/aromatic N) is 2. The maximum Gasteiger partial charge on any atom is 0.333 e. The minimum atomic E-state index is -1.05. The van der Waals surface area contributed by atoms with Gasteiger partial charge in [-0.1, -0.05) is 38.5 Å². The molecule has 156 valence electrons. The monoisotopic (exact) mass is 389 g/mol. The van der Waals surface area contributed by atoms with Gasteiger partial charge in [-0.05, 0) is 52.4 Å². The largest absolute Gasteiger partial charge is 0.333 e. The molecule has 4 rings (SSSR count). The lowest BCUT2D eigenvalue weighted by atomic mass is 9.76. The first kappa shape index (κ1) is 19.9. The molecule has 0 radical (unpaired) electrons. The third-order valence-electron chi connectivity index (χ3n) is 7.47. The molecule has 4 amide bonds. The second-order valence-corrected chi connectivity index (χ2v) is 9.67. The summed E-state index contributed by atoms with van der Waals surface area (Å²) in [5, 5.41) is 3.68. The maximum absolute atomic E-state index is 13.6. The number of hydrogen-bond acceptors (Lipinski definition) is 4. The van der Waals surface area contributed by atoms with Crippen LogP contribution in [0.2, 0.25) is 0 Å². The van der Waals surface area contributed by atoms with Gasteiger partial charge in [-0.15, -0.1) is 0 Å². The van der Waals surface area contributed by atoms with E-state index in [1.54, 1.807) is 0 Å². The van der Waals surface area contributed by atoms with Gasteiger partial charge in [0.05, 0.1) is 0 Å². The maximum atomic E-state index is 13.6. The van der Waals surface area contributed by atoms with Crippen molar-refractivity contribution in [2.75, 3.05) is 0 Å². The molecule has 3 atom stereocenters. The minimum Gasteiger partial charge on any atom is -0.311 e.